The van der Waals surface area contributed by atoms with Gasteiger partial charge in [0.2, 0.25) is 5.91 Å². The molecule has 0 saturated heterocycles. The van der Waals surface area contributed by atoms with Crippen LogP contribution in [0.2, 0.25) is 0 Å². The number of nitrogens with zero attached hydrogens (tertiary/aromatic N) is 1. The molecule has 7 heteroatoms. The van der Waals surface area contributed by atoms with Gasteiger partial charge in [-0.1, -0.05) is 12.1 Å². The molecular formula is C15H23N3O4. The van der Waals surface area contributed by atoms with Gasteiger partial charge in [0.1, 0.15) is 0 Å². The Morgan fingerprint density at radius 1 is 1.27 bits per heavy atom. The number of ether oxygens (including phenoxy) is 2. The summed E-state index contributed by atoms with van der Waals surface area (Å²) in [5.74, 6) is 0.898. The quantitative estimate of drug-likeness (QED) is 0.819. The molecule has 0 bridgehead atoms. The Morgan fingerprint density at radius 3 is 2.50 bits per heavy atom. The molecule has 0 spiro atoms. The first-order chi connectivity index (χ1) is 10.4. The van der Waals surface area contributed by atoms with Crippen molar-refractivity contribution in [1.82, 2.24) is 15.5 Å². The van der Waals surface area contributed by atoms with Crippen molar-refractivity contribution in [1.29, 1.82) is 0 Å². The smallest absolute Gasteiger partial charge is 0.321 e. The van der Waals surface area contributed by atoms with Crippen LogP contribution in [0.5, 0.6) is 11.5 Å². The zero-order chi connectivity index (χ0) is 16.7. The van der Waals surface area contributed by atoms with Crippen LogP contribution in [-0.4, -0.2) is 51.2 Å². The van der Waals surface area contributed by atoms with E-state index in [1.807, 2.05) is 23.1 Å². The van der Waals surface area contributed by atoms with E-state index >= 15 is 0 Å². The molecule has 0 radical (unpaired) electrons. The van der Waals surface area contributed by atoms with Gasteiger partial charge in [0, 0.05) is 19.2 Å². The summed E-state index contributed by atoms with van der Waals surface area (Å²) in [6.45, 7) is 2.20. The van der Waals surface area contributed by atoms with E-state index in [4.69, 9.17) is 9.47 Å². The van der Waals surface area contributed by atoms with Gasteiger partial charge in [-0.3, -0.25) is 15.0 Å². The van der Waals surface area contributed by atoms with E-state index in [0.29, 0.717) is 18.0 Å². The number of rotatable bonds is 6. The fourth-order valence-corrected chi connectivity index (χ4v) is 1.96. The van der Waals surface area contributed by atoms with Crippen molar-refractivity contribution in [2.45, 2.75) is 19.5 Å². The van der Waals surface area contributed by atoms with Gasteiger partial charge in [-0.05, 0) is 20.0 Å². The molecule has 22 heavy (non-hydrogen) atoms. The molecule has 2 N–H and O–H groups in total. The fraction of sp³-hybridized carbons (Fsp3) is 0.467. The summed E-state index contributed by atoms with van der Waals surface area (Å²) in [4.78, 5) is 25.0. The predicted octanol–water partition coefficient (Wildman–Crippen LogP) is 0.980. The number of amides is 3. The van der Waals surface area contributed by atoms with Crippen molar-refractivity contribution in [3.8, 4) is 11.5 Å². The highest BCUT2D eigenvalue weighted by Gasteiger charge is 2.21. The van der Waals surface area contributed by atoms with Crippen LogP contribution in [0.1, 0.15) is 12.5 Å². The second-order valence-corrected chi connectivity index (χ2v) is 4.81. The minimum Gasteiger partial charge on any atom is -0.493 e. The summed E-state index contributed by atoms with van der Waals surface area (Å²) >= 11 is 0. The summed E-state index contributed by atoms with van der Waals surface area (Å²) in [5.41, 5.74) is 0.893. The molecule has 0 saturated carbocycles. The highest BCUT2D eigenvalue weighted by molar-refractivity contribution is 5.96. The molecule has 7 nitrogen and oxygen atoms in total. The summed E-state index contributed by atoms with van der Waals surface area (Å²) in [6.07, 6.45) is 0. The Kier molecular flexibility index (Phi) is 6.65. The number of imide groups is 1. The molecule has 0 aliphatic carbocycles. The normalized spacial score (nSPS) is 11.7. The first-order valence-corrected chi connectivity index (χ1v) is 6.87. The predicted molar refractivity (Wildman–Crippen MR) is 83.1 cm³/mol. The average molecular weight is 309 g/mol. The van der Waals surface area contributed by atoms with E-state index < -0.39 is 12.1 Å². The van der Waals surface area contributed by atoms with E-state index in [1.165, 1.54) is 7.05 Å². The molecule has 1 aromatic carbocycles. The highest BCUT2D eigenvalue weighted by atomic mass is 16.5. The number of carbonyl (C=O) groups excluding carboxylic acids is 2. The highest BCUT2D eigenvalue weighted by Crippen LogP contribution is 2.31. The van der Waals surface area contributed by atoms with E-state index in [1.54, 1.807) is 28.2 Å². The maximum atomic E-state index is 12.0. The number of carbonyl (C=O) groups is 2. The largest absolute Gasteiger partial charge is 0.493 e. The number of hydrogen-bond donors (Lipinski definition) is 2. The molecular weight excluding hydrogens is 286 g/mol. The van der Waals surface area contributed by atoms with Crippen molar-refractivity contribution >= 4 is 11.9 Å². The van der Waals surface area contributed by atoms with Crippen LogP contribution in [0.15, 0.2) is 18.2 Å². The van der Waals surface area contributed by atoms with Crippen LogP contribution in [0.4, 0.5) is 4.79 Å². The van der Waals surface area contributed by atoms with Crippen LogP contribution in [-0.2, 0) is 11.3 Å². The first kappa shape index (κ1) is 17.8. The molecule has 0 fully saturated rings. The minimum absolute atomic E-state index is 0.372. The third kappa shape index (κ3) is 4.36. The molecule has 1 unspecified atom stereocenters. The molecule has 0 aromatic heterocycles. The van der Waals surface area contributed by atoms with Crippen LogP contribution in [0.25, 0.3) is 0 Å². The SMILES string of the molecule is CNC(=O)NC(=O)C(C)N(C)Cc1cccc(OC)c1OC. The second-order valence-electron chi connectivity index (χ2n) is 4.81. The number of urea groups is 1. The molecule has 3 amide bonds. The molecule has 0 heterocycles. The van der Waals surface area contributed by atoms with E-state index in [0.717, 1.165) is 5.56 Å². The van der Waals surface area contributed by atoms with Gasteiger partial charge in [0.05, 0.1) is 20.3 Å². The van der Waals surface area contributed by atoms with Gasteiger partial charge in [-0.15, -0.1) is 0 Å². The Labute approximate surface area is 130 Å². The van der Waals surface area contributed by atoms with Crippen molar-refractivity contribution in [3.63, 3.8) is 0 Å². The second kappa shape index (κ2) is 8.23. The van der Waals surface area contributed by atoms with Crippen molar-refractivity contribution < 1.29 is 19.1 Å². The van der Waals surface area contributed by atoms with Gasteiger partial charge < -0.3 is 14.8 Å². The lowest BCUT2D eigenvalue weighted by Gasteiger charge is -2.24. The van der Waals surface area contributed by atoms with Crippen LogP contribution >= 0.6 is 0 Å². The van der Waals surface area contributed by atoms with Crippen LogP contribution in [0.3, 0.4) is 0 Å². The number of nitrogens with one attached hydrogen (secondary N) is 2. The zero-order valence-corrected chi connectivity index (χ0v) is 13.6. The Morgan fingerprint density at radius 2 is 1.95 bits per heavy atom. The zero-order valence-electron chi connectivity index (χ0n) is 13.6. The Bertz CT molecular complexity index is 534. The molecule has 122 valence electrons. The number of hydrogen-bond acceptors (Lipinski definition) is 5. The van der Waals surface area contributed by atoms with Gasteiger partial charge in [-0.25, -0.2) is 4.79 Å². The van der Waals surface area contributed by atoms with Crippen LogP contribution in [0, 0.1) is 0 Å². The van der Waals surface area contributed by atoms with Crippen molar-refractivity contribution in [2.75, 3.05) is 28.3 Å². The maximum absolute atomic E-state index is 12.0. The van der Waals surface area contributed by atoms with Crippen molar-refractivity contribution in [2.24, 2.45) is 0 Å². The standard InChI is InChI=1S/C15H23N3O4/c1-10(14(19)17-15(20)16-2)18(3)9-11-7-6-8-12(21-4)13(11)22-5/h6-8,10H,9H2,1-5H3,(H2,16,17,19,20). The molecule has 1 atom stereocenters. The lowest BCUT2D eigenvalue weighted by molar-refractivity contribution is -0.124. The maximum Gasteiger partial charge on any atom is 0.321 e. The number of methoxy groups -OCH3 is 2. The minimum atomic E-state index is -0.524. The number of para-hydroxylation sites is 1. The van der Waals surface area contributed by atoms with Gasteiger partial charge in [0.25, 0.3) is 0 Å². The van der Waals surface area contributed by atoms with Crippen molar-refractivity contribution in [3.05, 3.63) is 23.8 Å². The Hall–Kier alpha value is -2.28. The third-order valence-electron chi connectivity index (χ3n) is 3.41. The molecule has 1 aromatic rings. The van der Waals surface area contributed by atoms with Gasteiger partial charge in [0.15, 0.2) is 11.5 Å². The lowest BCUT2D eigenvalue weighted by atomic mass is 10.1. The first-order valence-electron chi connectivity index (χ1n) is 6.87. The summed E-state index contributed by atoms with van der Waals surface area (Å²) in [6, 6.07) is 4.57. The Balaban J connectivity index is 2.82. The van der Waals surface area contributed by atoms with Gasteiger partial charge in [-0.2, -0.15) is 0 Å². The van der Waals surface area contributed by atoms with E-state index in [2.05, 4.69) is 10.6 Å². The average Bonchev–Trinajstić information content (AvgIpc) is 2.53. The number of benzene rings is 1. The summed E-state index contributed by atoms with van der Waals surface area (Å²) in [7, 11) is 6.40. The monoisotopic (exact) mass is 309 g/mol. The summed E-state index contributed by atoms with van der Waals surface area (Å²) in [5, 5.41) is 4.61. The lowest BCUT2D eigenvalue weighted by Crippen LogP contribution is -2.47. The molecule has 0 aliphatic rings. The van der Waals surface area contributed by atoms with Crippen LogP contribution < -0.4 is 20.1 Å². The summed E-state index contributed by atoms with van der Waals surface area (Å²) < 4.78 is 10.6. The van der Waals surface area contributed by atoms with E-state index in [9.17, 15) is 9.59 Å². The fourth-order valence-electron chi connectivity index (χ4n) is 1.96. The van der Waals surface area contributed by atoms with Gasteiger partial charge >= 0.3 is 6.03 Å². The topological polar surface area (TPSA) is 79.9 Å². The number of likely N-dealkylation sites (N-methyl/N-ethyl adjacent to an activating group) is 1. The molecule has 0 aliphatic heterocycles. The third-order valence-corrected chi connectivity index (χ3v) is 3.41. The molecule has 1 rings (SSSR count). The van der Waals surface area contributed by atoms with E-state index in [-0.39, 0.29) is 5.91 Å².